The average Bonchev–Trinajstić information content (AvgIpc) is 2.02. The molecule has 0 radical (unpaired) electrons. The molecule has 0 aromatic heterocycles. The predicted molar refractivity (Wildman–Crippen MR) is 37.5 cm³/mol. The van der Waals surface area contributed by atoms with Crippen molar-refractivity contribution in [1.29, 1.82) is 0 Å². The Bertz CT molecular complexity index is 375. The van der Waals surface area contributed by atoms with Gasteiger partial charge in [0.2, 0.25) is 0 Å². The summed E-state index contributed by atoms with van der Waals surface area (Å²) >= 11 is 0. The summed E-state index contributed by atoms with van der Waals surface area (Å²) in [7, 11) is 0. The van der Waals surface area contributed by atoms with Crippen molar-refractivity contribution in [3.05, 3.63) is 33.9 Å². The molecule has 1 rings (SSSR count). The summed E-state index contributed by atoms with van der Waals surface area (Å²) in [5, 5.41) is 20.8. The van der Waals surface area contributed by atoms with E-state index in [0.717, 1.165) is 6.07 Å². The first-order valence-corrected chi connectivity index (χ1v) is 3.35. The number of non-ortho nitro benzene ring substituents is 1. The van der Waals surface area contributed by atoms with Gasteiger partial charge in [-0.05, 0) is 0 Å². The molecule has 1 aromatic carbocycles. The van der Waals surface area contributed by atoms with E-state index in [4.69, 9.17) is 0 Å². The summed E-state index contributed by atoms with van der Waals surface area (Å²) in [6.07, 6.45) is -4.86. The summed E-state index contributed by atoms with van der Waals surface area (Å²) in [4.78, 5) is 9.14. The fraction of sp³-hybridized carbons (Fsp3) is 0.143. The highest BCUT2D eigenvalue weighted by molar-refractivity contribution is 5.43. The van der Waals surface area contributed by atoms with Crippen LogP contribution in [0.4, 0.5) is 18.9 Å². The smallest absolute Gasteiger partial charge is 0.416 e. The van der Waals surface area contributed by atoms with Gasteiger partial charge in [0, 0.05) is 12.1 Å². The third-order valence-corrected chi connectivity index (χ3v) is 1.48. The van der Waals surface area contributed by atoms with Gasteiger partial charge in [-0.15, -0.1) is 0 Å². The van der Waals surface area contributed by atoms with Gasteiger partial charge in [0.05, 0.1) is 10.5 Å². The minimum Gasteiger partial charge on any atom is -0.872 e. The van der Waals surface area contributed by atoms with Gasteiger partial charge in [-0.1, -0.05) is 11.8 Å². The number of hydrogen-bond acceptors (Lipinski definition) is 3. The molecule has 0 saturated carbocycles. The van der Waals surface area contributed by atoms with E-state index in [-0.39, 0.29) is 6.07 Å². The molecule has 0 bridgehead atoms. The lowest BCUT2D eigenvalue weighted by Gasteiger charge is -2.14. The second-order valence-corrected chi connectivity index (χ2v) is 2.44. The van der Waals surface area contributed by atoms with Crippen molar-refractivity contribution in [2.24, 2.45) is 0 Å². The maximum atomic E-state index is 12.1. The molecule has 0 amide bonds. The number of halogens is 3. The first kappa shape index (κ1) is 10.3. The van der Waals surface area contributed by atoms with Crippen molar-refractivity contribution >= 4 is 5.69 Å². The molecule has 0 atom stereocenters. The van der Waals surface area contributed by atoms with E-state index in [1.165, 1.54) is 0 Å². The van der Waals surface area contributed by atoms with Gasteiger partial charge >= 0.3 is 6.18 Å². The van der Waals surface area contributed by atoms with Crippen molar-refractivity contribution in [3.8, 4) is 5.75 Å². The summed E-state index contributed by atoms with van der Waals surface area (Å²) in [5.74, 6) is -1.27. The van der Waals surface area contributed by atoms with Crippen LogP contribution in [0.3, 0.4) is 0 Å². The predicted octanol–water partition coefficient (Wildman–Crippen LogP) is 1.69. The molecule has 0 heterocycles. The Morgan fingerprint density at radius 1 is 1.29 bits per heavy atom. The van der Waals surface area contributed by atoms with Gasteiger partial charge in [0.15, 0.2) is 0 Å². The Kier molecular flexibility index (Phi) is 2.33. The van der Waals surface area contributed by atoms with Gasteiger partial charge < -0.3 is 5.11 Å². The van der Waals surface area contributed by atoms with E-state index in [1.807, 2.05) is 0 Å². The summed E-state index contributed by atoms with van der Waals surface area (Å²) in [5.41, 5.74) is -2.27. The number of nitro benzene ring substituents is 1. The van der Waals surface area contributed by atoms with Crippen LogP contribution >= 0.6 is 0 Å². The van der Waals surface area contributed by atoms with Crippen LogP contribution in [0.1, 0.15) is 5.56 Å². The molecule has 0 aliphatic rings. The molecule has 0 N–H and O–H groups in total. The number of benzene rings is 1. The molecule has 0 aliphatic heterocycles. The minimum atomic E-state index is -4.86. The second-order valence-electron chi connectivity index (χ2n) is 2.44. The van der Waals surface area contributed by atoms with Crippen LogP contribution in [0.25, 0.3) is 0 Å². The molecule has 0 aliphatic carbocycles. The van der Waals surface area contributed by atoms with Gasteiger partial charge in [-0.3, -0.25) is 10.1 Å². The number of nitro groups is 1. The Morgan fingerprint density at radius 3 is 2.29 bits per heavy atom. The van der Waals surface area contributed by atoms with E-state index in [0.29, 0.717) is 6.07 Å². The van der Waals surface area contributed by atoms with Crippen LogP contribution in [0.15, 0.2) is 18.2 Å². The molecule has 76 valence electrons. The van der Waals surface area contributed by atoms with Crippen molar-refractivity contribution in [2.45, 2.75) is 6.18 Å². The fourth-order valence-corrected chi connectivity index (χ4v) is 0.853. The van der Waals surface area contributed by atoms with Crippen molar-refractivity contribution < 1.29 is 23.2 Å². The highest BCUT2D eigenvalue weighted by Crippen LogP contribution is 2.36. The molecule has 0 fully saturated rings. The zero-order valence-electron chi connectivity index (χ0n) is 6.54. The largest absolute Gasteiger partial charge is 0.872 e. The number of nitrogens with zero attached hydrogens (tertiary/aromatic N) is 1. The molecule has 0 unspecified atom stereocenters. The Labute approximate surface area is 75.7 Å². The highest BCUT2D eigenvalue weighted by Gasteiger charge is 2.32. The average molecular weight is 206 g/mol. The molecule has 7 heteroatoms. The lowest BCUT2D eigenvalue weighted by molar-refractivity contribution is -0.385. The Morgan fingerprint density at radius 2 is 1.86 bits per heavy atom. The standard InChI is InChI=1S/C7H4F3NO3/c8-7(9,10)5-3-4(11(13)14)1-2-6(5)12/h1-3,12H/p-1. The monoisotopic (exact) mass is 206 g/mol. The molecule has 4 nitrogen and oxygen atoms in total. The molecule has 1 aromatic rings. The van der Waals surface area contributed by atoms with Crippen LogP contribution < -0.4 is 5.11 Å². The van der Waals surface area contributed by atoms with Gasteiger partial charge in [0.25, 0.3) is 5.69 Å². The SMILES string of the molecule is O=[N+]([O-])c1ccc([O-])c(C(F)(F)F)c1. The summed E-state index contributed by atoms with van der Waals surface area (Å²) < 4.78 is 36.2. The number of alkyl halides is 3. The lowest BCUT2D eigenvalue weighted by Crippen LogP contribution is -2.10. The molecule has 0 spiro atoms. The van der Waals surface area contributed by atoms with E-state index in [2.05, 4.69) is 0 Å². The van der Waals surface area contributed by atoms with Gasteiger partial charge in [-0.25, -0.2) is 0 Å². The highest BCUT2D eigenvalue weighted by atomic mass is 19.4. The topological polar surface area (TPSA) is 66.2 Å². The first-order valence-electron chi connectivity index (χ1n) is 3.35. The molecular formula is C7H3F3NO3-. The molecule has 14 heavy (non-hydrogen) atoms. The first-order chi connectivity index (χ1) is 6.32. The van der Waals surface area contributed by atoms with E-state index < -0.39 is 28.1 Å². The summed E-state index contributed by atoms with van der Waals surface area (Å²) in [6, 6.07) is 1.49. The van der Waals surface area contributed by atoms with Crippen molar-refractivity contribution in [3.63, 3.8) is 0 Å². The van der Waals surface area contributed by atoms with Gasteiger partial charge in [-0.2, -0.15) is 13.2 Å². The van der Waals surface area contributed by atoms with E-state index in [1.54, 1.807) is 0 Å². The normalized spacial score (nSPS) is 11.4. The Balaban J connectivity index is 3.29. The number of rotatable bonds is 1. The summed E-state index contributed by atoms with van der Waals surface area (Å²) in [6.45, 7) is 0. The van der Waals surface area contributed by atoms with Crippen LogP contribution in [0, 0.1) is 10.1 Å². The molecular weight excluding hydrogens is 203 g/mol. The Hall–Kier alpha value is -1.79. The van der Waals surface area contributed by atoms with Gasteiger partial charge in [0.1, 0.15) is 0 Å². The van der Waals surface area contributed by atoms with Crippen LogP contribution in [0.2, 0.25) is 0 Å². The maximum absolute atomic E-state index is 12.1. The van der Waals surface area contributed by atoms with Crippen LogP contribution in [-0.4, -0.2) is 4.92 Å². The van der Waals surface area contributed by atoms with Crippen LogP contribution in [0.5, 0.6) is 5.75 Å². The molecule has 0 saturated heterocycles. The fourth-order valence-electron chi connectivity index (χ4n) is 0.853. The zero-order valence-corrected chi connectivity index (χ0v) is 6.54. The van der Waals surface area contributed by atoms with Crippen LogP contribution in [-0.2, 0) is 6.18 Å². The zero-order chi connectivity index (χ0) is 10.9. The number of hydrogen-bond donors (Lipinski definition) is 0. The van der Waals surface area contributed by atoms with Crippen molar-refractivity contribution in [2.75, 3.05) is 0 Å². The van der Waals surface area contributed by atoms with E-state index in [9.17, 15) is 28.4 Å². The third kappa shape index (κ3) is 1.93. The van der Waals surface area contributed by atoms with Crippen molar-refractivity contribution in [1.82, 2.24) is 0 Å². The maximum Gasteiger partial charge on any atom is 0.416 e. The minimum absolute atomic E-state index is 0.225. The third-order valence-electron chi connectivity index (χ3n) is 1.48. The van der Waals surface area contributed by atoms with E-state index >= 15 is 0 Å². The quantitative estimate of drug-likeness (QED) is 0.518. The lowest BCUT2D eigenvalue weighted by atomic mass is 10.2. The second kappa shape index (κ2) is 3.17.